The average molecular weight is 468 g/mol. The monoisotopic (exact) mass is 467 g/mol. The molecule has 34 heavy (non-hydrogen) atoms. The summed E-state index contributed by atoms with van der Waals surface area (Å²) in [4.78, 5) is 15.4. The summed E-state index contributed by atoms with van der Waals surface area (Å²) >= 11 is 0. The smallest absolute Gasteiger partial charge is 0.407 e. The van der Waals surface area contributed by atoms with Crippen molar-refractivity contribution in [1.82, 2.24) is 15.5 Å². The summed E-state index contributed by atoms with van der Waals surface area (Å²) in [6.07, 6.45) is 7.15. The van der Waals surface area contributed by atoms with Gasteiger partial charge in [0.15, 0.2) is 0 Å². The van der Waals surface area contributed by atoms with Crippen LogP contribution in [0.25, 0.3) is 0 Å². The Labute approximate surface area is 203 Å². The Kier molecular flexibility index (Phi) is 8.94. The van der Waals surface area contributed by atoms with Crippen molar-refractivity contribution < 1.29 is 13.9 Å². The number of hydrogen-bond donors (Lipinski definition) is 2. The highest BCUT2D eigenvalue weighted by atomic mass is 19.1. The van der Waals surface area contributed by atoms with E-state index in [2.05, 4.69) is 15.5 Å². The van der Waals surface area contributed by atoms with E-state index in [0.717, 1.165) is 49.9 Å². The number of benzene rings is 2. The topological polar surface area (TPSA) is 53.6 Å². The molecular weight excluding hydrogens is 429 g/mol. The highest BCUT2D eigenvalue weighted by Gasteiger charge is 2.39. The molecule has 2 aromatic rings. The molecular formula is C28H38FN3O2. The minimum atomic E-state index is -0.346. The number of piperidine rings is 1. The molecule has 0 bridgehead atoms. The zero-order chi connectivity index (χ0) is 23.8. The summed E-state index contributed by atoms with van der Waals surface area (Å²) in [5.41, 5.74) is 2.13. The van der Waals surface area contributed by atoms with Gasteiger partial charge in [0.25, 0.3) is 0 Å². The molecule has 1 saturated heterocycles. The predicted octanol–water partition coefficient (Wildman–Crippen LogP) is 4.91. The van der Waals surface area contributed by atoms with Crippen LogP contribution in [0.4, 0.5) is 9.18 Å². The van der Waals surface area contributed by atoms with Gasteiger partial charge < -0.3 is 15.4 Å². The van der Waals surface area contributed by atoms with Gasteiger partial charge in [-0.3, -0.25) is 4.90 Å². The van der Waals surface area contributed by atoms with Crippen molar-refractivity contribution in [2.75, 3.05) is 20.1 Å². The Balaban J connectivity index is 1.49. The normalized spacial score (nSPS) is 24.4. The number of nitrogens with one attached hydrogen (secondary N) is 2. The van der Waals surface area contributed by atoms with Gasteiger partial charge in [0, 0.05) is 18.1 Å². The molecule has 1 heterocycles. The molecule has 184 valence electrons. The van der Waals surface area contributed by atoms with Crippen LogP contribution < -0.4 is 10.6 Å². The second-order valence-corrected chi connectivity index (χ2v) is 9.77. The van der Waals surface area contributed by atoms with Crippen LogP contribution in [0.2, 0.25) is 0 Å². The second-order valence-electron chi connectivity index (χ2n) is 9.77. The molecule has 0 aromatic heterocycles. The van der Waals surface area contributed by atoms with Crippen LogP contribution in [0.5, 0.6) is 0 Å². The van der Waals surface area contributed by atoms with Gasteiger partial charge in [-0.15, -0.1) is 0 Å². The fourth-order valence-electron chi connectivity index (χ4n) is 5.65. The summed E-state index contributed by atoms with van der Waals surface area (Å²) < 4.78 is 19.1. The van der Waals surface area contributed by atoms with Crippen molar-refractivity contribution in [3.8, 4) is 0 Å². The first-order valence-electron chi connectivity index (χ1n) is 12.8. The van der Waals surface area contributed by atoms with Crippen molar-refractivity contribution in [3.05, 3.63) is 71.5 Å². The molecule has 1 saturated carbocycles. The zero-order valence-corrected chi connectivity index (χ0v) is 20.2. The molecule has 1 amide bonds. The van der Waals surface area contributed by atoms with Crippen LogP contribution in [-0.4, -0.2) is 49.3 Å². The fraction of sp³-hybridized carbons (Fsp3) is 0.536. The first kappa shape index (κ1) is 24.7. The van der Waals surface area contributed by atoms with Gasteiger partial charge in [0.1, 0.15) is 12.4 Å². The zero-order valence-electron chi connectivity index (χ0n) is 20.2. The maximum Gasteiger partial charge on any atom is 0.407 e. The Morgan fingerprint density at radius 3 is 2.47 bits per heavy atom. The molecule has 2 aromatic carbocycles. The number of nitrogens with zero attached hydrogens (tertiary/aromatic N) is 1. The SMILES string of the molecule is CNC1CC[C@@H](NC(=O)OCc2ccccc2)[C@H](C(Cc2ccc(F)cc2)N2CCCCC2)C1. The van der Waals surface area contributed by atoms with E-state index in [1.165, 1.54) is 19.3 Å². The van der Waals surface area contributed by atoms with Crippen molar-refractivity contribution in [1.29, 1.82) is 0 Å². The van der Waals surface area contributed by atoms with Crippen LogP contribution in [-0.2, 0) is 17.8 Å². The summed E-state index contributed by atoms with van der Waals surface area (Å²) in [6, 6.07) is 17.5. The lowest BCUT2D eigenvalue weighted by molar-refractivity contribution is 0.0634. The largest absolute Gasteiger partial charge is 0.445 e. The summed E-state index contributed by atoms with van der Waals surface area (Å²) in [5, 5.41) is 6.69. The fourth-order valence-corrected chi connectivity index (χ4v) is 5.65. The summed E-state index contributed by atoms with van der Waals surface area (Å²) in [6.45, 7) is 2.43. The van der Waals surface area contributed by atoms with Crippen molar-refractivity contribution in [3.63, 3.8) is 0 Å². The maximum absolute atomic E-state index is 13.6. The molecule has 1 aliphatic carbocycles. The highest BCUT2D eigenvalue weighted by Crippen LogP contribution is 2.33. The number of likely N-dealkylation sites (tertiary alicyclic amines) is 1. The van der Waals surface area contributed by atoms with Crippen LogP contribution in [0.15, 0.2) is 54.6 Å². The Bertz CT molecular complexity index is 886. The first-order chi connectivity index (χ1) is 16.6. The number of halogens is 1. The number of amides is 1. The summed E-state index contributed by atoms with van der Waals surface area (Å²) in [7, 11) is 2.03. The molecule has 0 radical (unpaired) electrons. The lowest BCUT2D eigenvalue weighted by Gasteiger charge is -2.46. The molecule has 6 heteroatoms. The van der Waals surface area contributed by atoms with Gasteiger partial charge in [-0.2, -0.15) is 0 Å². The van der Waals surface area contributed by atoms with Crippen LogP contribution in [0, 0.1) is 11.7 Å². The molecule has 2 N–H and O–H groups in total. The van der Waals surface area contributed by atoms with E-state index in [1.807, 2.05) is 49.5 Å². The first-order valence-corrected chi connectivity index (χ1v) is 12.8. The highest BCUT2D eigenvalue weighted by molar-refractivity contribution is 5.67. The lowest BCUT2D eigenvalue weighted by atomic mass is 9.75. The Hall–Kier alpha value is -2.44. The molecule has 2 aliphatic rings. The third-order valence-corrected chi connectivity index (χ3v) is 7.54. The average Bonchev–Trinajstić information content (AvgIpc) is 2.88. The van der Waals surface area contributed by atoms with Gasteiger partial charge in [-0.1, -0.05) is 48.9 Å². The number of rotatable bonds is 8. The number of alkyl carbamates (subject to hydrolysis) is 1. The molecule has 4 atom stereocenters. The molecule has 1 aliphatic heterocycles. The van der Waals surface area contributed by atoms with E-state index in [4.69, 9.17) is 4.74 Å². The van der Waals surface area contributed by atoms with Gasteiger partial charge in [-0.25, -0.2) is 9.18 Å². The van der Waals surface area contributed by atoms with E-state index < -0.39 is 0 Å². The molecule has 2 unspecified atom stereocenters. The van der Waals surface area contributed by atoms with E-state index in [0.29, 0.717) is 18.0 Å². The Morgan fingerprint density at radius 2 is 1.76 bits per heavy atom. The lowest BCUT2D eigenvalue weighted by Crippen LogP contribution is -2.56. The van der Waals surface area contributed by atoms with Gasteiger partial charge >= 0.3 is 6.09 Å². The van der Waals surface area contributed by atoms with E-state index in [-0.39, 0.29) is 24.6 Å². The molecule has 4 rings (SSSR count). The number of carbonyl (C=O) groups is 1. The van der Waals surface area contributed by atoms with E-state index in [9.17, 15) is 9.18 Å². The van der Waals surface area contributed by atoms with Crippen molar-refractivity contribution >= 4 is 6.09 Å². The van der Waals surface area contributed by atoms with Crippen LogP contribution in [0.1, 0.15) is 49.7 Å². The van der Waals surface area contributed by atoms with Gasteiger partial charge in [0.2, 0.25) is 0 Å². The minimum Gasteiger partial charge on any atom is -0.445 e. The van der Waals surface area contributed by atoms with Crippen molar-refractivity contribution in [2.45, 2.75) is 69.7 Å². The molecule has 2 fully saturated rings. The van der Waals surface area contributed by atoms with E-state index in [1.54, 1.807) is 12.1 Å². The van der Waals surface area contributed by atoms with Crippen LogP contribution in [0.3, 0.4) is 0 Å². The Morgan fingerprint density at radius 1 is 1.03 bits per heavy atom. The maximum atomic E-state index is 13.6. The quantitative estimate of drug-likeness (QED) is 0.580. The standard InChI is InChI=1S/C28H38FN3O2/c1-30-24-14-15-26(31-28(33)34-20-22-8-4-2-5-9-22)25(19-24)27(32-16-6-3-7-17-32)18-21-10-12-23(29)13-11-21/h2,4-5,8-13,24-27,30H,3,6-7,14-20H2,1H3,(H,31,33)/t24?,25-,26-,27?/m1/s1. The third kappa shape index (κ3) is 6.80. The van der Waals surface area contributed by atoms with Gasteiger partial charge in [0.05, 0.1) is 0 Å². The predicted molar refractivity (Wildman–Crippen MR) is 133 cm³/mol. The van der Waals surface area contributed by atoms with Crippen LogP contribution >= 0.6 is 0 Å². The van der Waals surface area contributed by atoms with Gasteiger partial charge in [-0.05, 0) is 87.8 Å². The number of carbonyl (C=O) groups excluding carboxylic acids is 1. The number of hydrogen-bond acceptors (Lipinski definition) is 4. The molecule has 5 nitrogen and oxygen atoms in total. The minimum absolute atomic E-state index is 0.0558. The summed E-state index contributed by atoms with van der Waals surface area (Å²) in [5.74, 6) is 0.0884. The van der Waals surface area contributed by atoms with Crippen molar-refractivity contribution in [2.24, 2.45) is 5.92 Å². The van der Waals surface area contributed by atoms with E-state index >= 15 is 0 Å². The number of ether oxygens (including phenoxy) is 1. The third-order valence-electron chi connectivity index (χ3n) is 7.54. The second kappa shape index (κ2) is 12.3. The molecule has 0 spiro atoms.